The SMILES string of the molecule is CC(C)N(CC1CCCCN1)C(=O)c1cc(O)cc(O)c1. The Bertz CT molecular complexity index is 476. The molecule has 5 nitrogen and oxygen atoms in total. The van der Waals surface area contributed by atoms with E-state index in [9.17, 15) is 15.0 Å². The highest BCUT2D eigenvalue weighted by Crippen LogP contribution is 2.22. The molecule has 1 aliphatic rings. The Morgan fingerprint density at radius 1 is 1.29 bits per heavy atom. The molecule has 0 bridgehead atoms. The number of piperidine rings is 1. The number of carbonyl (C=O) groups is 1. The lowest BCUT2D eigenvalue weighted by molar-refractivity contribution is 0.0676. The highest BCUT2D eigenvalue weighted by molar-refractivity contribution is 5.95. The number of benzene rings is 1. The van der Waals surface area contributed by atoms with Crippen LogP contribution in [0.15, 0.2) is 18.2 Å². The Morgan fingerprint density at radius 2 is 1.95 bits per heavy atom. The summed E-state index contributed by atoms with van der Waals surface area (Å²) in [6, 6.07) is 4.39. The number of carbonyl (C=O) groups excluding carboxylic acids is 1. The summed E-state index contributed by atoms with van der Waals surface area (Å²) in [6.07, 6.45) is 3.44. The Kier molecular flexibility index (Phi) is 5.07. The minimum atomic E-state index is -0.163. The fraction of sp³-hybridized carbons (Fsp3) is 0.562. The summed E-state index contributed by atoms with van der Waals surface area (Å²) in [5, 5.41) is 22.5. The Labute approximate surface area is 125 Å². The maximum Gasteiger partial charge on any atom is 0.254 e. The maximum atomic E-state index is 12.6. The Morgan fingerprint density at radius 3 is 2.48 bits per heavy atom. The standard InChI is InChI=1S/C16H24N2O3/c1-11(2)18(10-13-5-3-4-6-17-13)16(21)12-7-14(19)9-15(20)8-12/h7-9,11,13,17,19-20H,3-6,10H2,1-2H3. The van der Waals surface area contributed by atoms with Crippen LogP contribution in [0, 0.1) is 0 Å². The summed E-state index contributed by atoms with van der Waals surface area (Å²) < 4.78 is 0. The van der Waals surface area contributed by atoms with Gasteiger partial charge < -0.3 is 20.4 Å². The molecule has 1 heterocycles. The zero-order chi connectivity index (χ0) is 15.4. The lowest BCUT2D eigenvalue weighted by Gasteiger charge is -2.33. The fourth-order valence-corrected chi connectivity index (χ4v) is 2.73. The molecule has 1 atom stereocenters. The topological polar surface area (TPSA) is 72.8 Å². The quantitative estimate of drug-likeness (QED) is 0.794. The molecule has 1 fully saturated rings. The zero-order valence-electron chi connectivity index (χ0n) is 12.7. The second-order valence-electron chi connectivity index (χ2n) is 5.94. The van der Waals surface area contributed by atoms with Gasteiger partial charge in [0.15, 0.2) is 0 Å². The molecule has 2 rings (SSSR count). The van der Waals surface area contributed by atoms with Gasteiger partial charge in [-0.05, 0) is 45.4 Å². The van der Waals surface area contributed by atoms with Gasteiger partial charge in [-0.3, -0.25) is 4.79 Å². The number of nitrogens with zero attached hydrogens (tertiary/aromatic N) is 1. The summed E-state index contributed by atoms with van der Waals surface area (Å²) in [4.78, 5) is 14.4. The first kappa shape index (κ1) is 15.6. The third kappa shape index (κ3) is 4.11. The van der Waals surface area contributed by atoms with Crippen LogP contribution in [0.25, 0.3) is 0 Å². The van der Waals surface area contributed by atoms with Crippen molar-refractivity contribution < 1.29 is 15.0 Å². The third-order valence-electron chi connectivity index (χ3n) is 3.86. The van der Waals surface area contributed by atoms with Gasteiger partial charge in [-0.2, -0.15) is 0 Å². The van der Waals surface area contributed by atoms with Crippen molar-refractivity contribution in [2.24, 2.45) is 0 Å². The minimum Gasteiger partial charge on any atom is -0.508 e. The van der Waals surface area contributed by atoms with Crippen LogP contribution in [0.2, 0.25) is 0 Å². The van der Waals surface area contributed by atoms with E-state index >= 15 is 0 Å². The lowest BCUT2D eigenvalue weighted by atomic mass is 10.0. The third-order valence-corrected chi connectivity index (χ3v) is 3.86. The van der Waals surface area contributed by atoms with Crippen LogP contribution < -0.4 is 5.32 Å². The van der Waals surface area contributed by atoms with Crippen molar-refractivity contribution >= 4 is 5.91 Å². The number of hydrogen-bond donors (Lipinski definition) is 3. The lowest BCUT2D eigenvalue weighted by Crippen LogP contribution is -2.48. The number of phenols is 2. The Hall–Kier alpha value is -1.75. The first-order chi connectivity index (χ1) is 9.97. The number of phenolic OH excluding ortho intramolecular Hbond substituents is 2. The summed E-state index contributed by atoms with van der Waals surface area (Å²) in [5.74, 6) is -0.362. The number of rotatable bonds is 4. The van der Waals surface area contributed by atoms with Crippen LogP contribution >= 0.6 is 0 Å². The van der Waals surface area contributed by atoms with Crippen LogP contribution in [-0.4, -0.2) is 46.2 Å². The monoisotopic (exact) mass is 292 g/mol. The van der Waals surface area contributed by atoms with Crippen molar-refractivity contribution in [3.63, 3.8) is 0 Å². The van der Waals surface area contributed by atoms with E-state index in [1.165, 1.54) is 31.0 Å². The summed E-state index contributed by atoms with van der Waals surface area (Å²) in [5.41, 5.74) is 0.317. The molecule has 5 heteroatoms. The van der Waals surface area contributed by atoms with Crippen molar-refractivity contribution in [2.45, 2.75) is 45.2 Å². The average molecular weight is 292 g/mol. The molecule has 3 N–H and O–H groups in total. The van der Waals surface area contributed by atoms with E-state index in [2.05, 4.69) is 5.32 Å². The van der Waals surface area contributed by atoms with Crippen molar-refractivity contribution in [2.75, 3.05) is 13.1 Å². The summed E-state index contributed by atoms with van der Waals surface area (Å²) in [6.45, 7) is 5.59. The molecule has 0 aliphatic carbocycles. The molecule has 0 aromatic heterocycles. The largest absolute Gasteiger partial charge is 0.508 e. The van der Waals surface area contributed by atoms with Gasteiger partial charge in [-0.25, -0.2) is 0 Å². The van der Waals surface area contributed by atoms with E-state index in [1.807, 2.05) is 13.8 Å². The van der Waals surface area contributed by atoms with Crippen molar-refractivity contribution in [1.82, 2.24) is 10.2 Å². The number of aromatic hydroxyl groups is 2. The Balaban J connectivity index is 2.14. The van der Waals surface area contributed by atoms with E-state index < -0.39 is 0 Å². The van der Waals surface area contributed by atoms with E-state index in [0.717, 1.165) is 13.0 Å². The molecule has 1 amide bonds. The van der Waals surface area contributed by atoms with Crippen LogP contribution in [0.1, 0.15) is 43.5 Å². The van der Waals surface area contributed by atoms with E-state index in [-0.39, 0.29) is 23.4 Å². The molecule has 21 heavy (non-hydrogen) atoms. The molecule has 0 saturated carbocycles. The smallest absolute Gasteiger partial charge is 0.254 e. The van der Waals surface area contributed by atoms with Crippen molar-refractivity contribution in [3.05, 3.63) is 23.8 Å². The van der Waals surface area contributed by atoms with E-state index in [4.69, 9.17) is 0 Å². The first-order valence-corrected chi connectivity index (χ1v) is 7.54. The summed E-state index contributed by atoms with van der Waals surface area (Å²) >= 11 is 0. The first-order valence-electron chi connectivity index (χ1n) is 7.54. The molecule has 116 valence electrons. The van der Waals surface area contributed by atoms with Gasteiger partial charge >= 0.3 is 0 Å². The van der Waals surface area contributed by atoms with Crippen LogP contribution in [0.4, 0.5) is 0 Å². The minimum absolute atomic E-state index is 0.0609. The molecule has 1 aliphatic heterocycles. The van der Waals surface area contributed by atoms with Crippen LogP contribution in [0.3, 0.4) is 0 Å². The highest BCUT2D eigenvalue weighted by atomic mass is 16.3. The predicted molar refractivity (Wildman–Crippen MR) is 81.6 cm³/mol. The van der Waals surface area contributed by atoms with Crippen LogP contribution in [0.5, 0.6) is 11.5 Å². The van der Waals surface area contributed by atoms with Gasteiger partial charge in [0, 0.05) is 30.3 Å². The van der Waals surface area contributed by atoms with Gasteiger partial charge in [0.05, 0.1) is 0 Å². The molecule has 1 unspecified atom stereocenters. The molecule has 1 aromatic carbocycles. The normalized spacial score (nSPS) is 18.7. The van der Waals surface area contributed by atoms with Gasteiger partial charge in [0.1, 0.15) is 11.5 Å². The van der Waals surface area contributed by atoms with E-state index in [1.54, 1.807) is 4.90 Å². The molecule has 1 saturated heterocycles. The molecular weight excluding hydrogens is 268 g/mol. The van der Waals surface area contributed by atoms with Crippen molar-refractivity contribution in [1.29, 1.82) is 0 Å². The molecular formula is C16H24N2O3. The van der Waals surface area contributed by atoms with Gasteiger partial charge in [-0.15, -0.1) is 0 Å². The van der Waals surface area contributed by atoms with Gasteiger partial charge in [-0.1, -0.05) is 6.42 Å². The second kappa shape index (κ2) is 6.80. The van der Waals surface area contributed by atoms with Crippen LogP contribution in [-0.2, 0) is 0 Å². The zero-order valence-corrected chi connectivity index (χ0v) is 12.7. The van der Waals surface area contributed by atoms with Gasteiger partial charge in [0.25, 0.3) is 5.91 Å². The number of nitrogens with one attached hydrogen (secondary N) is 1. The highest BCUT2D eigenvalue weighted by Gasteiger charge is 2.24. The molecule has 1 aromatic rings. The fourth-order valence-electron chi connectivity index (χ4n) is 2.73. The maximum absolute atomic E-state index is 12.6. The number of amides is 1. The van der Waals surface area contributed by atoms with E-state index in [0.29, 0.717) is 18.2 Å². The second-order valence-corrected chi connectivity index (χ2v) is 5.94. The number of hydrogen-bond acceptors (Lipinski definition) is 4. The van der Waals surface area contributed by atoms with Crippen molar-refractivity contribution in [3.8, 4) is 11.5 Å². The predicted octanol–water partition coefficient (Wildman–Crippen LogP) is 2.09. The van der Waals surface area contributed by atoms with Gasteiger partial charge in [0.2, 0.25) is 0 Å². The average Bonchev–Trinajstić information content (AvgIpc) is 2.44. The molecule has 0 radical (unpaired) electrons. The summed E-state index contributed by atoms with van der Waals surface area (Å²) in [7, 11) is 0. The molecule has 0 spiro atoms.